The zero-order valence-electron chi connectivity index (χ0n) is 19.7. The molecular formula is C24H23F3N8O. The zero-order valence-corrected chi connectivity index (χ0v) is 19.7. The van der Waals surface area contributed by atoms with E-state index in [1.54, 1.807) is 19.4 Å². The summed E-state index contributed by atoms with van der Waals surface area (Å²) in [4.78, 5) is 19.3. The van der Waals surface area contributed by atoms with E-state index in [-0.39, 0.29) is 5.82 Å². The van der Waals surface area contributed by atoms with E-state index >= 15 is 0 Å². The third-order valence-electron chi connectivity index (χ3n) is 6.67. The van der Waals surface area contributed by atoms with Crippen molar-refractivity contribution in [3.05, 3.63) is 53.5 Å². The van der Waals surface area contributed by atoms with Crippen LogP contribution in [-0.4, -0.2) is 48.4 Å². The number of imidazole rings is 1. The average molecular weight is 496 g/mol. The molecular weight excluding hydrogens is 473 g/mol. The Hall–Kier alpha value is -3.96. The molecule has 5 heterocycles. The lowest BCUT2D eigenvalue weighted by Gasteiger charge is -2.28. The Morgan fingerprint density at radius 3 is 2.64 bits per heavy atom. The predicted octanol–water partition coefficient (Wildman–Crippen LogP) is 4.13. The Bertz CT molecular complexity index is 1420. The molecule has 1 aliphatic carbocycles. The van der Waals surface area contributed by atoms with E-state index in [1.165, 1.54) is 17.9 Å². The zero-order chi connectivity index (χ0) is 25.0. The van der Waals surface area contributed by atoms with E-state index in [4.69, 9.17) is 4.74 Å². The fourth-order valence-electron chi connectivity index (χ4n) is 4.70. The number of halogens is 3. The fraction of sp³-hybridized carbons (Fsp3) is 0.375. The molecule has 4 aromatic rings. The van der Waals surface area contributed by atoms with Crippen molar-refractivity contribution in [1.82, 2.24) is 34.7 Å². The SMILES string of the molecule is COc1ncnc(C2CC2)c1-c1n[nH]c2c1CN(c1ccc(-c3nc(C(F)(F)F)cn3C)cn1)CC2. The minimum atomic E-state index is -4.50. The van der Waals surface area contributed by atoms with Crippen molar-refractivity contribution in [2.45, 2.75) is 37.9 Å². The van der Waals surface area contributed by atoms with Gasteiger partial charge in [0.2, 0.25) is 5.88 Å². The van der Waals surface area contributed by atoms with Gasteiger partial charge >= 0.3 is 6.18 Å². The van der Waals surface area contributed by atoms with Crippen LogP contribution in [0.15, 0.2) is 30.9 Å². The number of alkyl halides is 3. The largest absolute Gasteiger partial charge is 0.480 e. The molecule has 0 radical (unpaired) electrons. The molecule has 6 rings (SSSR count). The van der Waals surface area contributed by atoms with Crippen LogP contribution in [0.1, 0.15) is 41.4 Å². The van der Waals surface area contributed by atoms with Gasteiger partial charge in [0.05, 0.1) is 18.4 Å². The maximum absolute atomic E-state index is 13.1. The van der Waals surface area contributed by atoms with E-state index in [9.17, 15) is 13.2 Å². The van der Waals surface area contributed by atoms with E-state index in [0.29, 0.717) is 23.9 Å². The number of pyridine rings is 1. The minimum Gasteiger partial charge on any atom is -0.480 e. The molecule has 1 saturated carbocycles. The summed E-state index contributed by atoms with van der Waals surface area (Å²) >= 11 is 0. The summed E-state index contributed by atoms with van der Waals surface area (Å²) in [5, 5.41) is 7.80. The lowest BCUT2D eigenvalue weighted by molar-refractivity contribution is -0.140. The molecule has 0 atom stereocenters. The second kappa shape index (κ2) is 8.32. The number of aryl methyl sites for hydroxylation is 1. The molecule has 4 aromatic heterocycles. The molecule has 1 fully saturated rings. The van der Waals surface area contributed by atoms with Gasteiger partial charge in [0.25, 0.3) is 0 Å². The first-order valence-electron chi connectivity index (χ1n) is 11.6. The van der Waals surface area contributed by atoms with E-state index in [2.05, 4.69) is 35.0 Å². The van der Waals surface area contributed by atoms with Crippen molar-refractivity contribution >= 4 is 5.82 Å². The van der Waals surface area contributed by atoms with Crippen molar-refractivity contribution in [3.63, 3.8) is 0 Å². The molecule has 0 aromatic carbocycles. The van der Waals surface area contributed by atoms with Gasteiger partial charge in [-0.2, -0.15) is 18.3 Å². The molecule has 0 unspecified atom stereocenters. The lowest BCUT2D eigenvalue weighted by Crippen LogP contribution is -2.31. The van der Waals surface area contributed by atoms with Gasteiger partial charge in [-0.05, 0) is 25.0 Å². The molecule has 186 valence electrons. The van der Waals surface area contributed by atoms with E-state index in [0.717, 1.165) is 66.0 Å². The van der Waals surface area contributed by atoms with Crippen LogP contribution in [0.5, 0.6) is 5.88 Å². The topological polar surface area (TPSA) is 97.6 Å². The summed E-state index contributed by atoms with van der Waals surface area (Å²) in [6.45, 7) is 1.29. The van der Waals surface area contributed by atoms with Gasteiger partial charge in [-0.1, -0.05) is 0 Å². The number of aromatic amines is 1. The van der Waals surface area contributed by atoms with Crippen LogP contribution in [0, 0.1) is 0 Å². The number of aromatic nitrogens is 7. The molecule has 1 N–H and O–H groups in total. The second-order valence-corrected chi connectivity index (χ2v) is 9.08. The Labute approximate surface area is 204 Å². The number of hydrogen-bond donors (Lipinski definition) is 1. The number of ether oxygens (including phenoxy) is 1. The van der Waals surface area contributed by atoms with Crippen molar-refractivity contribution in [2.75, 3.05) is 18.6 Å². The monoisotopic (exact) mass is 496 g/mol. The molecule has 1 aliphatic heterocycles. The summed E-state index contributed by atoms with van der Waals surface area (Å²) in [5.74, 6) is 1.83. The lowest BCUT2D eigenvalue weighted by atomic mass is 9.99. The quantitative estimate of drug-likeness (QED) is 0.444. The van der Waals surface area contributed by atoms with Gasteiger partial charge in [-0.3, -0.25) is 5.10 Å². The number of anilines is 1. The van der Waals surface area contributed by atoms with Gasteiger partial charge in [0, 0.05) is 61.7 Å². The molecule has 36 heavy (non-hydrogen) atoms. The van der Waals surface area contributed by atoms with Gasteiger partial charge in [0.1, 0.15) is 23.7 Å². The van der Waals surface area contributed by atoms with Crippen LogP contribution in [0.4, 0.5) is 19.0 Å². The van der Waals surface area contributed by atoms with Crippen molar-refractivity contribution in [1.29, 1.82) is 0 Å². The number of methoxy groups -OCH3 is 1. The Morgan fingerprint density at radius 1 is 1.14 bits per heavy atom. The maximum atomic E-state index is 13.1. The third kappa shape index (κ3) is 3.86. The molecule has 0 saturated heterocycles. The summed E-state index contributed by atoms with van der Waals surface area (Å²) in [6, 6.07) is 3.56. The molecule has 9 nitrogen and oxygen atoms in total. The van der Waals surface area contributed by atoms with Crippen LogP contribution in [-0.2, 0) is 26.2 Å². The summed E-state index contributed by atoms with van der Waals surface area (Å²) < 4.78 is 46.1. The highest BCUT2D eigenvalue weighted by Crippen LogP contribution is 2.46. The molecule has 0 spiro atoms. The maximum Gasteiger partial charge on any atom is 0.434 e. The first-order valence-corrected chi connectivity index (χ1v) is 11.6. The third-order valence-corrected chi connectivity index (χ3v) is 6.67. The molecule has 0 amide bonds. The summed E-state index contributed by atoms with van der Waals surface area (Å²) in [5.41, 5.74) is 4.27. The predicted molar refractivity (Wildman–Crippen MR) is 124 cm³/mol. The Kier molecular flexibility index (Phi) is 5.20. The Balaban J connectivity index is 1.30. The van der Waals surface area contributed by atoms with Crippen LogP contribution in [0.2, 0.25) is 0 Å². The highest BCUT2D eigenvalue weighted by Gasteiger charge is 2.35. The number of nitrogens with zero attached hydrogens (tertiary/aromatic N) is 7. The average Bonchev–Trinajstić information content (AvgIpc) is 3.52. The highest BCUT2D eigenvalue weighted by atomic mass is 19.4. The molecule has 0 bridgehead atoms. The molecule has 2 aliphatic rings. The van der Waals surface area contributed by atoms with Crippen molar-refractivity contribution < 1.29 is 17.9 Å². The van der Waals surface area contributed by atoms with Gasteiger partial charge in [-0.15, -0.1) is 0 Å². The summed E-state index contributed by atoms with van der Waals surface area (Å²) in [7, 11) is 3.13. The van der Waals surface area contributed by atoms with Crippen molar-refractivity contribution in [3.8, 4) is 28.5 Å². The van der Waals surface area contributed by atoms with Crippen LogP contribution < -0.4 is 9.64 Å². The number of hydrogen-bond acceptors (Lipinski definition) is 7. The standard InChI is InChI=1S/C24H23F3N8O/c1-34-11-17(24(25,26)27)31-22(34)14-5-6-18(28-9-14)35-8-7-16-15(10-35)21(33-32-16)19-20(13-3-4-13)29-12-30-23(19)36-2/h5-6,9,11-13H,3-4,7-8,10H2,1-2H3,(H,32,33). The molecule has 12 heteroatoms. The van der Waals surface area contributed by atoms with E-state index < -0.39 is 11.9 Å². The highest BCUT2D eigenvalue weighted by molar-refractivity contribution is 5.73. The van der Waals surface area contributed by atoms with Crippen molar-refractivity contribution in [2.24, 2.45) is 7.05 Å². The first-order chi connectivity index (χ1) is 17.3. The normalized spacial score (nSPS) is 15.8. The van der Waals surface area contributed by atoms with Gasteiger partial charge < -0.3 is 14.2 Å². The first kappa shape index (κ1) is 22.5. The van der Waals surface area contributed by atoms with Gasteiger partial charge in [-0.25, -0.2) is 19.9 Å². The minimum absolute atomic E-state index is 0.211. The number of H-pyrrole nitrogens is 1. The Morgan fingerprint density at radius 2 is 1.97 bits per heavy atom. The number of fused-ring (bicyclic) bond motifs is 1. The summed E-state index contributed by atoms with van der Waals surface area (Å²) in [6.07, 6.45) is 2.49. The van der Waals surface area contributed by atoms with Gasteiger partial charge in [0.15, 0.2) is 5.69 Å². The number of nitrogens with one attached hydrogen (secondary N) is 1. The van der Waals surface area contributed by atoms with Crippen LogP contribution >= 0.6 is 0 Å². The fourth-order valence-corrected chi connectivity index (χ4v) is 4.70. The van der Waals surface area contributed by atoms with E-state index in [1.807, 2.05) is 6.07 Å². The second-order valence-electron chi connectivity index (χ2n) is 9.08. The smallest absolute Gasteiger partial charge is 0.434 e. The number of rotatable bonds is 5. The van der Waals surface area contributed by atoms with Crippen LogP contribution in [0.25, 0.3) is 22.6 Å². The van der Waals surface area contributed by atoms with Crippen LogP contribution in [0.3, 0.4) is 0 Å².